The molecule has 0 bridgehead atoms. The highest BCUT2D eigenvalue weighted by Crippen LogP contribution is 2.30. The lowest BCUT2D eigenvalue weighted by molar-refractivity contribution is 0.208. The molecule has 0 spiro atoms. The summed E-state index contributed by atoms with van der Waals surface area (Å²) in [5, 5.41) is 11.8. The van der Waals surface area contributed by atoms with Crippen LogP contribution in [0.5, 0.6) is 11.5 Å². The van der Waals surface area contributed by atoms with Crippen molar-refractivity contribution in [1.29, 1.82) is 0 Å². The van der Waals surface area contributed by atoms with Crippen LogP contribution in [0.1, 0.15) is 19.3 Å². The molecule has 2 saturated heterocycles. The summed E-state index contributed by atoms with van der Waals surface area (Å²) in [5.41, 5.74) is 0.671. The number of anilines is 3. The minimum absolute atomic E-state index is 0.126. The maximum Gasteiger partial charge on any atom is 0.321 e. The normalized spacial score (nSPS) is 16.8. The first kappa shape index (κ1) is 21.0. The number of ether oxygens (including phenoxy) is 2. The molecule has 0 atom stereocenters. The Morgan fingerprint density at radius 2 is 1.42 bits per heavy atom. The first-order valence-corrected chi connectivity index (χ1v) is 10.8. The average Bonchev–Trinajstić information content (AvgIpc) is 2.84. The van der Waals surface area contributed by atoms with Crippen LogP contribution in [0.2, 0.25) is 0 Å². The van der Waals surface area contributed by atoms with Crippen LogP contribution in [-0.4, -0.2) is 74.6 Å². The van der Waals surface area contributed by atoms with Gasteiger partial charge in [0.05, 0.1) is 14.2 Å². The zero-order valence-electron chi connectivity index (χ0n) is 18.2. The fraction of sp³-hybridized carbons (Fsp3) is 0.500. The molecule has 0 saturated carbocycles. The van der Waals surface area contributed by atoms with Crippen molar-refractivity contribution in [1.82, 2.24) is 15.1 Å². The molecule has 31 heavy (non-hydrogen) atoms. The summed E-state index contributed by atoms with van der Waals surface area (Å²) in [4.78, 5) is 19.0. The number of benzene rings is 1. The number of hydrogen-bond acceptors (Lipinski definition) is 7. The Hall–Kier alpha value is -3.23. The third-order valence-electron chi connectivity index (χ3n) is 5.84. The van der Waals surface area contributed by atoms with E-state index in [1.54, 1.807) is 32.4 Å². The highest BCUT2D eigenvalue weighted by atomic mass is 16.5. The molecule has 2 aliphatic rings. The molecular formula is C22H30N6O3. The Morgan fingerprint density at radius 1 is 0.806 bits per heavy atom. The van der Waals surface area contributed by atoms with Gasteiger partial charge in [-0.2, -0.15) is 0 Å². The molecule has 9 heteroatoms. The molecule has 2 aliphatic heterocycles. The van der Waals surface area contributed by atoms with Gasteiger partial charge in [-0.3, -0.25) is 0 Å². The van der Waals surface area contributed by atoms with Crippen LogP contribution in [0.25, 0.3) is 0 Å². The molecule has 2 amide bonds. The van der Waals surface area contributed by atoms with Gasteiger partial charge in [0.2, 0.25) is 0 Å². The summed E-state index contributed by atoms with van der Waals surface area (Å²) < 4.78 is 10.5. The van der Waals surface area contributed by atoms with Crippen molar-refractivity contribution >= 4 is 23.4 Å². The van der Waals surface area contributed by atoms with Crippen molar-refractivity contribution in [2.45, 2.75) is 19.3 Å². The highest BCUT2D eigenvalue weighted by molar-refractivity contribution is 5.90. The van der Waals surface area contributed by atoms with Crippen LogP contribution in [0.15, 0.2) is 30.3 Å². The number of nitrogens with zero attached hydrogens (tertiary/aromatic N) is 5. The molecule has 166 valence electrons. The fourth-order valence-corrected chi connectivity index (χ4v) is 4.03. The number of nitrogens with one attached hydrogen (secondary N) is 1. The fourth-order valence-electron chi connectivity index (χ4n) is 4.03. The van der Waals surface area contributed by atoms with E-state index >= 15 is 0 Å². The van der Waals surface area contributed by atoms with Crippen LogP contribution < -0.4 is 24.6 Å². The minimum atomic E-state index is -0.126. The number of piperidine rings is 1. The average molecular weight is 427 g/mol. The second-order valence-corrected chi connectivity index (χ2v) is 7.77. The van der Waals surface area contributed by atoms with Crippen LogP contribution in [0.4, 0.5) is 22.1 Å². The lowest BCUT2D eigenvalue weighted by atomic mass is 10.1. The lowest BCUT2D eigenvalue weighted by Gasteiger charge is -2.35. The molecule has 0 radical (unpaired) electrons. The zero-order chi connectivity index (χ0) is 21.6. The Labute approximate surface area is 182 Å². The zero-order valence-corrected chi connectivity index (χ0v) is 18.2. The molecule has 1 N–H and O–H groups in total. The topological polar surface area (TPSA) is 83.1 Å². The first-order chi connectivity index (χ1) is 15.2. The first-order valence-electron chi connectivity index (χ1n) is 10.8. The summed E-state index contributed by atoms with van der Waals surface area (Å²) >= 11 is 0. The van der Waals surface area contributed by atoms with Crippen molar-refractivity contribution < 1.29 is 14.3 Å². The van der Waals surface area contributed by atoms with Gasteiger partial charge in [0, 0.05) is 51.0 Å². The number of hydrogen-bond donors (Lipinski definition) is 1. The van der Waals surface area contributed by atoms with E-state index in [-0.39, 0.29) is 6.03 Å². The number of amides is 2. The van der Waals surface area contributed by atoms with Gasteiger partial charge in [-0.1, -0.05) is 0 Å². The number of aromatic nitrogens is 2. The van der Waals surface area contributed by atoms with Crippen molar-refractivity contribution in [3.63, 3.8) is 0 Å². The number of piperazine rings is 1. The minimum Gasteiger partial charge on any atom is -0.493 e. The lowest BCUT2D eigenvalue weighted by Crippen LogP contribution is -2.50. The monoisotopic (exact) mass is 426 g/mol. The molecule has 2 fully saturated rings. The van der Waals surface area contributed by atoms with Gasteiger partial charge >= 0.3 is 6.03 Å². The molecule has 0 unspecified atom stereocenters. The van der Waals surface area contributed by atoms with E-state index in [4.69, 9.17) is 9.47 Å². The molecule has 9 nitrogen and oxygen atoms in total. The molecule has 4 rings (SSSR count). The number of carbonyl (C=O) groups is 1. The quantitative estimate of drug-likeness (QED) is 0.787. The van der Waals surface area contributed by atoms with E-state index < -0.39 is 0 Å². The highest BCUT2D eigenvalue weighted by Gasteiger charge is 2.23. The summed E-state index contributed by atoms with van der Waals surface area (Å²) in [6, 6.07) is 9.30. The molecule has 1 aromatic carbocycles. The number of urea groups is 1. The summed E-state index contributed by atoms with van der Waals surface area (Å²) in [6.45, 7) is 4.79. The van der Waals surface area contributed by atoms with Crippen molar-refractivity contribution in [3.8, 4) is 11.5 Å². The molecule has 0 aliphatic carbocycles. The molecular weight excluding hydrogens is 396 g/mol. The largest absolute Gasteiger partial charge is 0.493 e. The summed E-state index contributed by atoms with van der Waals surface area (Å²) in [7, 11) is 3.16. The number of carbonyl (C=O) groups excluding carboxylic acids is 1. The molecule has 1 aromatic heterocycles. The summed E-state index contributed by atoms with van der Waals surface area (Å²) in [6.07, 6.45) is 3.74. The standard InChI is InChI=1S/C22H30N6O3/c1-30-18-7-6-17(16-19(18)31-2)23-22(29)28-14-12-27(13-15-28)21-9-8-20(24-25-21)26-10-4-3-5-11-26/h6-9,16H,3-5,10-15H2,1-2H3,(H,23,29). The van der Waals surface area contributed by atoms with Crippen molar-refractivity contribution in [2.75, 3.05) is 68.6 Å². The van der Waals surface area contributed by atoms with Crippen LogP contribution in [0, 0.1) is 0 Å². The van der Waals surface area contributed by atoms with Gasteiger partial charge in [0.25, 0.3) is 0 Å². The Kier molecular flexibility index (Phi) is 6.59. The molecule has 2 aromatic rings. The van der Waals surface area contributed by atoms with E-state index in [1.165, 1.54) is 19.3 Å². The third kappa shape index (κ3) is 4.92. The van der Waals surface area contributed by atoms with Crippen LogP contribution in [-0.2, 0) is 0 Å². The maximum atomic E-state index is 12.7. The van der Waals surface area contributed by atoms with Gasteiger partial charge < -0.3 is 29.5 Å². The van der Waals surface area contributed by atoms with Gasteiger partial charge in [-0.15, -0.1) is 10.2 Å². The van der Waals surface area contributed by atoms with Gasteiger partial charge in [0.15, 0.2) is 23.1 Å². The Bertz CT molecular complexity index is 877. The van der Waals surface area contributed by atoms with E-state index in [9.17, 15) is 4.79 Å². The summed E-state index contributed by atoms with van der Waals surface area (Å²) in [5.74, 6) is 3.02. The predicted molar refractivity (Wildman–Crippen MR) is 120 cm³/mol. The SMILES string of the molecule is COc1ccc(NC(=O)N2CCN(c3ccc(N4CCCCC4)nn3)CC2)cc1OC. The van der Waals surface area contributed by atoms with E-state index in [1.807, 2.05) is 11.0 Å². The van der Waals surface area contributed by atoms with E-state index in [0.29, 0.717) is 30.3 Å². The second kappa shape index (κ2) is 9.72. The van der Waals surface area contributed by atoms with Crippen molar-refractivity contribution in [3.05, 3.63) is 30.3 Å². The van der Waals surface area contributed by atoms with Gasteiger partial charge in [0.1, 0.15) is 0 Å². The van der Waals surface area contributed by atoms with Crippen LogP contribution in [0.3, 0.4) is 0 Å². The maximum absolute atomic E-state index is 12.7. The van der Waals surface area contributed by atoms with Gasteiger partial charge in [-0.05, 0) is 43.5 Å². The molecule has 3 heterocycles. The Morgan fingerprint density at radius 3 is 2.00 bits per heavy atom. The number of methoxy groups -OCH3 is 2. The third-order valence-corrected chi connectivity index (χ3v) is 5.84. The second-order valence-electron chi connectivity index (χ2n) is 7.77. The van der Waals surface area contributed by atoms with E-state index in [0.717, 1.165) is 37.8 Å². The van der Waals surface area contributed by atoms with Gasteiger partial charge in [-0.25, -0.2) is 4.79 Å². The Balaban J connectivity index is 1.30. The predicted octanol–water partition coefficient (Wildman–Crippen LogP) is 2.84. The number of rotatable bonds is 5. The smallest absolute Gasteiger partial charge is 0.321 e. The van der Waals surface area contributed by atoms with E-state index in [2.05, 4.69) is 31.4 Å². The van der Waals surface area contributed by atoms with Crippen LogP contribution >= 0.6 is 0 Å². The van der Waals surface area contributed by atoms with Crippen molar-refractivity contribution in [2.24, 2.45) is 0 Å².